The van der Waals surface area contributed by atoms with Gasteiger partial charge in [-0.2, -0.15) is 0 Å². The number of amides is 2. The zero-order valence-corrected chi connectivity index (χ0v) is 14.2. The number of rotatable bonds is 7. The maximum atomic E-state index is 12.2. The van der Waals surface area contributed by atoms with Gasteiger partial charge in [-0.05, 0) is 43.5 Å². The fraction of sp³-hybridized carbons (Fsp3) is 0.500. The Bertz CT molecular complexity index is 620. The van der Waals surface area contributed by atoms with E-state index in [2.05, 4.69) is 5.32 Å². The molecular weight excluding hydrogens is 308 g/mol. The van der Waals surface area contributed by atoms with Gasteiger partial charge in [0.2, 0.25) is 11.8 Å². The van der Waals surface area contributed by atoms with E-state index in [0.717, 1.165) is 18.7 Å². The predicted octanol–water partition coefficient (Wildman–Crippen LogP) is 3.03. The Balaban J connectivity index is 2.01. The Labute approximate surface area is 141 Å². The SMILES string of the molecule is CCC(CC)(CC(=O)Nc1ccc(N2CCCC2=O)cc1)C(=O)O. The minimum Gasteiger partial charge on any atom is -0.481 e. The number of hydrogen-bond donors (Lipinski definition) is 2. The highest BCUT2D eigenvalue weighted by Gasteiger charge is 2.37. The Hall–Kier alpha value is -2.37. The maximum absolute atomic E-state index is 12.2. The number of hydrogen-bond acceptors (Lipinski definition) is 3. The van der Waals surface area contributed by atoms with Crippen molar-refractivity contribution in [3.63, 3.8) is 0 Å². The van der Waals surface area contributed by atoms with E-state index in [0.29, 0.717) is 24.9 Å². The molecule has 24 heavy (non-hydrogen) atoms. The van der Waals surface area contributed by atoms with Crippen molar-refractivity contribution in [3.05, 3.63) is 24.3 Å². The van der Waals surface area contributed by atoms with Crippen molar-refractivity contribution < 1.29 is 19.5 Å². The molecule has 1 aliphatic heterocycles. The van der Waals surface area contributed by atoms with Gasteiger partial charge >= 0.3 is 5.97 Å². The van der Waals surface area contributed by atoms with Crippen molar-refractivity contribution in [2.75, 3.05) is 16.8 Å². The zero-order chi connectivity index (χ0) is 17.7. The quantitative estimate of drug-likeness (QED) is 0.803. The number of benzene rings is 1. The summed E-state index contributed by atoms with van der Waals surface area (Å²) in [5, 5.41) is 12.1. The lowest BCUT2D eigenvalue weighted by molar-refractivity contribution is -0.151. The Morgan fingerprint density at radius 1 is 1.21 bits per heavy atom. The van der Waals surface area contributed by atoms with Crippen LogP contribution in [0.15, 0.2) is 24.3 Å². The average molecular weight is 332 g/mol. The smallest absolute Gasteiger partial charge is 0.310 e. The maximum Gasteiger partial charge on any atom is 0.310 e. The molecule has 2 amide bonds. The van der Waals surface area contributed by atoms with Crippen molar-refractivity contribution in [3.8, 4) is 0 Å². The van der Waals surface area contributed by atoms with Crippen LogP contribution >= 0.6 is 0 Å². The molecule has 0 unspecified atom stereocenters. The molecule has 0 aromatic heterocycles. The standard InChI is InChI=1S/C18H24N2O4/c1-3-18(4-2,17(23)24)12-15(21)19-13-7-9-14(10-8-13)20-11-5-6-16(20)22/h7-10H,3-6,11-12H2,1-2H3,(H,19,21)(H,23,24). The molecule has 0 atom stereocenters. The molecule has 0 spiro atoms. The number of anilines is 2. The molecule has 2 rings (SSSR count). The molecule has 1 aliphatic rings. The number of aliphatic carboxylic acids is 1. The first-order chi connectivity index (χ1) is 11.4. The van der Waals surface area contributed by atoms with Crippen LogP contribution in [-0.2, 0) is 14.4 Å². The second-order valence-corrected chi connectivity index (χ2v) is 6.21. The minimum absolute atomic E-state index is 0.0539. The average Bonchev–Trinajstić information content (AvgIpc) is 2.99. The second-order valence-electron chi connectivity index (χ2n) is 6.21. The summed E-state index contributed by atoms with van der Waals surface area (Å²) in [7, 11) is 0. The van der Waals surface area contributed by atoms with Crippen LogP contribution in [0.5, 0.6) is 0 Å². The number of carbonyl (C=O) groups excluding carboxylic acids is 2. The zero-order valence-electron chi connectivity index (χ0n) is 14.2. The highest BCUT2D eigenvalue weighted by atomic mass is 16.4. The summed E-state index contributed by atoms with van der Waals surface area (Å²) in [4.78, 5) is 37.1. The monoisotopic (exact) mass is 332 g/mol. The topological polar surface area (TPSA) is 86.7 Å². The van der Waals surface area contributed by atoms with Gasteiger partial charge < -0.3 is 15.3 Å². The van der Waals surface area contributed by atoms with Gasteiger partial charge in [-0.3, -0.25) is 14.4 Å². The van der Waals surface area contributed by atoms with Gasteiger partial charge in [-0.15, -0.1) is 0 Å². The van der Waals surface area contributed by atoms with Crippen molar-refractivity contribution >= 4 is 29.2 Å². The molecule has 0 aliphatic carbocycles. The van der Waals surface area contributed by atoms with Gasteiger partial charge in [0, 0.05) is 30.8 Å². The summed E-state index contributed by atoms with van der Waals surface area (Å²) in [5.74, 6) is -1.14. The molecule has 0 bridgehead atoms. The Kier molecular flexibility index (Phi) is 5.59. The lowest BCUT2D eigenvalue weighted by Gasteiger charge is -2.25. The molecular formula is C18H24N2O4. The highest BCUT2D eigenvalue weighted by Crippen LogP contribution is 2.31. The molecule has 2 N–H and O–H groups in total. The number of carbonyl (C=O) groups is 3. The minimum atomic E-state index is -1.02. The Morgan fingerprint density at radius 3 is 2.29 bits per heavy atom. The van der Waals surface area contributed by atoms with Crippen molar-refractivity contribution in [1.29, 1.82) is 0 Å². The third-order valence-corrected chi connectivity index (χ3v) is 4.84. The molecule has 6 nitrogen and oxygen atoms in total. The van der Waals surface area contributed by atoms with Crippen LogP contribution in [0.2, 0.25) is 0 Å². The number of carboxylic acids is 1. The summed E-state index contributed by atoms with van der Waals surface area (Å²) in [6.07, 6.45) is 2.19. The van der Waals surface area contributed by atoms with Crippen LogP contribution in [-0.4, -0.2) is 29.4 Å². The first kappa shape index (κ1) is 18.0. The largest absolute Gasteiger partial charge is 0.481 e. The third kappa shape index (κ3) is 3.75. The van der Waals surface area contributed by atoms with E-state index in [9.17, 15) is 19.5 Å². The number of nitrogens with zero attached hydrogens (tertiary/aromatic N) is 1. The van der Waals surface area contributed by atoms with Gasteiger partial charge in [0.15, 0.2) is 0 Å². The van der Waals surface area contributed by atoms with E-state index in [1.54, 1.807) is 43.0 Å². The Morgan fingerprint density at radius 2 is 1.83 bits per heavy atom. The summed E-state index contributed by atoms with van der Waals surface area (Å²) in [6.45, 7) is 4.29. The molecule has 1 heterocycles. The third-order valence-electron chi connectivity index (χ3n) is 4.84. The van der Waals surface area contributed by atoms with Crippen LogP contribution < -0.4 is 10.2 Å². The predicted molar refractivity (Wildman–Crippen MR) is 91.9 cm³/mol. The lowest BCUT2D eigenvalue weighted by atomic mass is 9.79. The normalized spacial score (nSPS) is 14.8. The highest BCUT2D eigenvalue weighted by molar-refractivity contribution is 5.96. The molecule has 1 fully saturated rings. The first-order valence-corrected chi connectivity index (χ1v) is 8.35. The molecule has 1 aromatic rings. The van der Waals surface area contributed by atoms with E-state index >= 15 is 0 Å². The first-order valence-electron chi connectivity index (χ1n) is 8.35. The van der Waals surface area contributed by atoms with Gasteiger partial charge in [0.05, 0.1) is 5.41 Å². The molecule has 0 saturated carbocycles. The molecule has 130 valence electrons. The van der Waals surface area contributed by atoms with Gasteiger partial charge in [-0.25, -0.2) is 0 Å². The van der Waals surface area contributed by atoms with Gasteiger partial charge in [-0.1, -0.05) is 13.8 Å². The van der Waals surface area contributed by atoms with Crippen molar-refractivity contribution in [2.45, 2.75) is 46.0 Å². The van der Waals surface area contributed by atoms with E-state index in [1.165, 1.54) is 0 Å². The molecule has 6 heteroatoms. The fourth-order valence-corrected chi connectivity index (χ4v) is 3.04. The van der Waals surface area contributed by atoms with E-state index < -0.39 is 11.4 Å². The summed E-state index contributed by atoms with van der Waals surface area (Å²) in [6, 6.07) is 7.06. The summed E-state index contributed by atoms with van der Waals surface area (Å²) in [5.41, 5.74) is 0.394. The second kappa shape index (κ2) is 7.47. The molecule has 0 radical (unpaired) electrons. The van der Waals surface area contributed by atoms with E-state index in [1.807, 2.05) is 0 Å². The fourth-order valence-electron chi connectivity index (χ4n) is 3.04. The van der Waals surface area contributed by atoms with Crippen molar-refractivity contribution in [1.82, 2.24) is 0 Å². The summed E-state index contributed by atoms with van der Waals surface area (Å²) >= 11 is 0. The van der Waals surface area contributed by atoms with Crippen LogP contribution in [0.4, 0.5) is 11.4 Å². The number of carboxylic acid groups (broad SMARTS) is 1. The number of nitrogens with one attached hydrogen (secondary N) is 1. The van der Waals surface area contributed by atoms with Crippen LogP contribution in [0, 0.1) is 5.41 Å². The van der Waals surface area contributed by atoms with Gasteiger partial charge in [0.1, 0.15) is 0 Å². The molecule has 1 saturated heterocycles. The summed E-state index contributed by atoms with van der Waals surface area (Å²) < 4.78 is 0. The van der Waals surface area contributed by atoms with E-state index in [4.69, 9.17) is 0 Å². The van der Waals surface area contributed by atoms with Crippen molar-refractivity contribution in [2.24, 2.45) is 5.41 Å². The van der Waals surface area contributed by atoms with Crippen LogP contribution in [0.1, 0.15) is 46.0 Å². The van der Waals surface area contributed by atoms with Crippen LogP contribution in [0.3, 0.4) is 0 Å². The lowest BCUT2D eigenvalue weighted by Crippen LogP contribution is -2.34. The molecule has 1 aromatic carbocycles. The van der Waals surface area contributed by atoms with Crippen LogP contribution in [0.25, 0.3) is 0 Å². The van der Waals surface area contributed by atoms with E-state index in [-0.39, 0.29) is 18.2 Å². The van der Waals surface area contributed by atoms with Gasteiger partial charge in [0.25, 0.3) is 0 Å².